The van der Waals surface area contributed by atoms with Crippen molar-refractivity contribution < 1.29 is 47.6 Å². The third-order valence-electron chi connectivity index (χ3n) is 16.4. The van der Waals surface area contributed by atoms with Crippen LogP contribution < -0.4 is 0 Å². The Morgan fingerprint density at radius 1 is 0.830 bits per heavy atom. The minimum atomic E-state index is -0.933. The molecule has 1 heterocycles. The highest BCUT2D eigenvalue weighted by molar-refractivity contribution is 5.78. The molecular formula is C43H66O10. The van der Waals surface area contributed by atoms with Crippen molar-refractivity contribution in [3.05, 3.63) is 11.6 Å². The fourth-order valence-electron chi connectivity index (χ4n) is 13.4. The highest BCUT2D eigenvalue weighted by Gasteiger charge is 2.70. The van der Waals surface area contributed by atoms with Crippen LogP contribution in [0, 0.1) is 56.7 Å². The van der Waals surface area contributed by atoms with Crippen LogP contribution in [0.5, 0.6) is 0 Å². The van der Waals surface area contributed by atoms with E-state index in [-0.39, 0.29) is 52.7 Å². The second kappa shape index (κ2) is 14.2. The van der Waals surface area contributed by atoms with E-state index in [9.17, 15) is 19.2 Å². The van der Waals surface area contributed by atoms with E-state index in [0.29, 0.717) is 23.7 Å². The van der Waals surface area contributed by atoms with Gasteiger partial charge in [-0.1, -0.05) is 60.1 Å². The van der Waals surface area contributed by atoms with E-state index in [2.05, 4.69) is 54.5 Å². The SMILES string of the molecule is COC(=O)[C@]12CC[C@@H](C)[C@H](C)[C@H]1C1=CC[C@@H]3[C@@]4(C)CC[C@H](O[C@H]5C[C@H](OC(C)=O)[C@@H](OC(C)=O)[C@H](COC(C)=O)O5)C(C)(C)[C@@H]4CC[C@@]3(C)[C@]1(C)CC2. The van der Waals surface area contributed by atoms with Gasteiger partial charge in [0.25, 0.3) is 0 Å². The molecule has 0 bridgehead atoms. The lowest BCUT2D eigenvalue weighted by Gasteiger charge is -2.71. The smallest absolute Gasteiger partial charge is 0.312 e. The Labute approximate surface area is 317 Å². The second-order valence-corrected chi connectivity index (χ2v) is 19.1. The average molecular weight is 743 g/mol. The van der Waals surface area contributed by atoms with Gasteiger partial charge < -0.3 is 28.4 Å². The molecule has 0 amide bonds. The number of esters is 4. The Hall–Kier alpha value is -2.46. The molecule has 1 saturated heterocycles. The largest absolute Gasteiger partial charge is 0.469 e. The Morgan fingerprint density at radius 3 is 2.17 bits per heavy atom. The van der Waals surface area contributed by atoms with E-state index < -0.39 is 47.9 Å². The first-order valence-electron chi connectivity index (χ1n) is 20.3. The molecule has 14 atom stereocenters. The van der Waals surface area contributed by atoms with Crippen LogP contribution in [0.15, 0.2) is 11.6 Å². The maximum absolute atomic E-state index is 13.7. The number of fused-ring (bicyclic) bond motifs is 7. The van der Waals surface area contributed by atoms with Crippen molar-refractivity contribution in [2.24, 2.45) is 56.7 Å². The van der Waals surface area contributed by atoms with Gasteiger partial charge in [-0.15, -0.1) is 0 Å². The van der Waals surface area contributed by atoms with Crippen LogP contribution >= 0.6 is 0 Å². The Balaban J connectivity index is 1.26. The van der Waals surface area contributed by atoms with Gasteiger partial charge in [0, 0.05) is 27.2 Å². The third-order valence-corrected chi connectivity index (χ3v) is 16.4. The highest BCUT2D eigenvalue weighted by atomic mass is 16.7. The van der Waals surface area contributed by atoms with Crippen LogP contribution in [0.2, 0.25) is 0 Å². The summed E-state index contributed by atoms with van der Waals surface area (Å²) in [6, 6.07) is 0. The summed E-state index contributed by atoms with van der Waals surface area (Å²) < 4.78 is 35.4. The van der Waals surface area contributed by atoms with Crippen LogP contribution in [0.1, 0.15) is 133 Å². The molecule has 5 aliphatic carbocycles. The van der Waals surface area contributed by atoms with Gasteiger partial charge in [0.05, 0.1) is 18.6 Å². The summed E-state index contributed by atoms with van der Waals surface area (Å²) in [5, 5.41) is 0. The number of carbonyl (C=O) groups is 4. The topological polar surface area (TPSA) is 124 Å². The molecule has 0 aromatic carbocycles. The van der Waals surface area contributed by atoms with Gasteiger partial charge in [-0.3, -0.25) is 19.2 Å². The van der Waals surface area contributed by atoms with Crippen LogP contribution in [0.3, 0.4) is 0 Å². The lowest BCUT2D eigenvalue weighted by Crippen LogP contribution is -2.66. The first kappa shape index (κ1) is 40.2. The van der Waals surface area contributed by atoms with Crippen LogP contribution in [0.4, 0.5) is 0 Å². The number of hydrogen-bond donors (Lipinski definition) is 0. The predicted molar refractivity (Wildman–Crippen MR) is 197 cm³/mol. The maximum Gasteiger partial charge on any atom is 0.312 e. The molecular weight excluding hydrogens is 676 g/mol. The number of allylic oxidation sites excluding steroid dienone is 2. The third kappa shape index (κ3) is 6.47. The summed E-state index contributed by atoms with van der Waals surface area (Å²) in [5.74, 6) is 0.555. The van der Waals surface area contributed by atoms with E-state index in [1.54, 1.807) is 7.11 Å². The average Bonchev–Trinajstić information content (AvgIpc) is 3.07. The quantitative estimate of drug-likeness (QED) is 0.111. The van der Waals surface area contributed by atoms with Crippen molar-refractivity contribution in [1.82, 2.24) is 0 Å². The predicted octanol–water partition coefficient (Wildman–Crippen LogP) is 7.74. The number of hydrogen-bond acceptors (Lipinski definition) is 10. The van der Waals surface area contributed by atoms with Crippen molar-refractivity contribution >= 4 is 23.9 Å². The molecule has 0 aromatic rings. The zero-order valence-corrected chi connectivity index (χ0v) is 34.2. The summed E-state index contributed by atoms with van der Waals surface area (Å²) in [7, 11) is 1.57. The fourth-order valence-corrected chi connectivity index (χ4v) is 13.4. The molecule has 53 heavy (non-hydrogen) atoms. The lowest BCUT2D eigenvalue weighted by molar-refractivity contribution is -0.300. The molecule has 0 spiro atoms. The van der Waals surface area contributed by atoms with Crippen molar-refractivity contribution in [2.75, 3.05) is 13.7 Å². The van der Waals surface area contributed by atoms with Crippen molar-refractivity contribution in [3.63, 3.8) is 0 Å². The van der Waals surface area contributed by atoms with Gasteiger partial charge in [-0.05, 0) is 109 Å². The van der Waals surface area contributed by atoms with E-state index in [1.807, 2.05) is 0 Å². The normalized spacial score (nSPS) is 45.8. The Kier molecular flexibility index (Phi) is 10.8. The molecule has 6 rings (SSSR count). The minimum absolute atomic E-state index is 0.00595. The lowest BCUT2D eigenvalue weighted by atomic mass is 9.33. The highest BCUT2D eigenvalue weighted by Crippen LogP contribution is 2.76. The van der Waals surface area contributed by atoms with Gasteiger partial charge in [0.2, 0.25) is 0 Å². The van der Waals surface area contributed by atoms with Crippen LogP contribution in [-0.2, 0) is 47.6 Å². The van der Waals surface area contributed by atoms with E-state index in [0.717, 1.165) is 57.8 Å². The summed E-state index contributed by atoms with van der Waals surface area (Å²) in [6.45, 7) is 20.9. The fraction of sp³-hybridized carbons (Fsp3) is 0.860. The molecule has 6 aliphatic rings. The molecule has 0 aromatic heterocycles. The van der Waals surface area contributed by atoms with Crippen molar-refractivity contribution in [2.45, 2.75) is 164 Å². The van der Waals surface area contributed by atoms with Crippen LogP contribution in [-0.4, -0.2) is 68.3 Å². The van der Waals surface area contributed by atoms with Gasteiger partial charge in [-0.25, -0.2) is 0 Å². The van der Waals surface area contributed by atoms with E-state index in [1.165, 1.54) is 26.3 Å². The van der Waals surface area contributed by atoms with E-state index in [4.69, 9.17) is 28.4 Å². The maximum atomic E-state index is 13.7. The van der Waals surface area contributed by atoms with Crippen molar-refractivity contribution in [1.29, 1.82) is 0 Å². The Bertz CT molecular complexity index is 1490. The minimum Gasteiger partial charge on any atom is -0.469 e. The number of methoxy groups -OCH3 is 1. The molecule has 10 heteroatoms. The first-order chi connectivity index (χ1) is 24.7. The summed E-state index contributed by atoms with van der Waals surface area (Å²) in [4.78, 5) is 49.7. The Morgan fingerprint density at radius 2 is 1.53 bits per heavy atom. The zero-order chi connectivity index (χ0) is 38.9. The molecule has 1 aliphatic heterocycles. The molecule has 4 saturated carbocycles. The van der Waals surface area contributed by atoms with Crippen molar-refractivity contribution in [3.8, 4) is 0 Å². The van der Waals surface area contributed by atoms with Gasteiger partial charge in [0.15, 0.2) is 12.4 Å². The number of ether oxygens (including phenoxy) is 6. The summed E-state index contributed by atoms with van der Waals surface area (Å²) in [6.07, 6.45) is 8.31. The molecule has 0 radical (unpaired) electrons. The zero-order valence-electron chi connectivity index (χ0n) is 34.2. The molecule has 0 N–H and O–H groups in total. The second-order valence-electron chi connectivity index (χ2n) is 19.1. The molecule has 298 valence electrons. The standard InChI is InChI=1S/C43H66O10/c1-24-14-19-43(38(47)48-11)21-20-41(9)29(36(43)25(24)2)12-13-33-40(8)17-16-34(39(6,7)32(40)15-18-42(33,41)10)53-35-22-30(50-27(4)45)37(51-28(5)46)31(52-35)23-49-26(3)44/h12,24-25,30-37H,13-23H2,1-11H3/t24-,25+,30+,31+,32+,33-,34+,35+,36+,37-,40+,41-,42-,43+/m1/s1. The monoisotopic (exact) mass is 742 g/mol. The van der Waals surface area contributed by atoms with Gasteiger partial charge >= 0.3 is 23.9 Å². The summed E-state index contributed by atoms with van der Waals surface area (Å²) >= 11 is 0. The first-order valence-corrected chi connectivity index (χ1v) is 20.3. The van der Waals surface area contributed by atoms with Gasteiger partial charge in [0.1, 0.15) is 18.8 Å². The van der Waals surface area contributed by atoms with Crippen LogP contribution in [0.25, 0.3) is 0 Å². The number of rotatable bonds is 7. The van der Waals surface area contributed by atoms with E-state index >= 15 is 0 Å². The summed E-state index contributed by atoms with van der Waals surface area (Å²) in [5.41, 5.74) is 1.10. The molecule has 5 fully saturated rings. The van der Waals surface area contributed by atoms with Gasteiger partial charge in [-0.2, -0.15) is 0 Å². The molecule has 0 unspecified atom stereocenters. The molecule has 10 nitrogen and oxygen atoms in total. The number of carbonyl (C=O) groups excluding carboxylic acids is 4.